The zero-order chi connectivity index (χ0) is 15.1. The van der Waals surface area contributed by atoms with Crippen LogP contribution in [0.15, 0.2) is 18.2 Å². The van der Waals surface area contributed by atoms with E-state index in [-0.39, 0.29) is 23.0 Å². The van der Waals surface area contributed by atoms with Crippen LogP contribution in [0.5, 0.6) is 0 Å². The largest absolute Gasteiger partial charge is 0.319 e. The van der Waals surface area contributed by atoms with Crippen molar-refractivity contribution >= 4 is 50.7 Å². The van der Waals surface area contributed by atoms with Crippen LogP contribution in [0.2, 0.25) is 5.02 Å². The standard InChI is InChI=1S/C13H8ClFN2O3S/c14-11-7-2-1-6(15)3-8(7)21-12(11)13(20)17-4-9(18)16-10(19)5-17/h1-3H,4-5H2,(H,16,18,19). The minimum absolute atomic E-state index is 0.194. The molecule has 1 saturated heterocycles. The highest BCUT2D eigenvalue weighted by molar-refractivity contribution is 7.21. The Morgan fingerprint density at radius 2 is 1.95 bits per heavy atom. The molecular weight excluding hydrogens is 319 g/mol. The highest BCUT2D eigenvalue weighted by Crippen LogP contribution is 2.36. The average molecular weight is 327 g/mol. The Bertz CT molecular complexity index is 773. The molecule has 0 saturated carbocycles. The fourth-order valence-corrected chi connectivity index (χ4v) is 3.61. The summed E-state index contributed by atoms with van der Waals surface area (Å²) in [5, 5.41) is 2.89. The third-order valence-electron chi connectivity index (χ3n) is 3.02. The molecule has 1 aliphatic heterocycles. The molecule has 0 atom stereocenters. The van der Waals surface area contributed by atoms with E-state index in [0.29, 0.717) is 10.1 Å². The first-order valence-corrected chi connectivity index (χ1v) is 7.14. The molecule has 0 aliphatic carbocycles. The number of nitrogens with one attached hydrogen (secondary N) is 1. The smallest absolute Gasteiger partial charge is 0.266 e. The van der Waals surface area contributed by atoms with Gasteiger partial charge >= 0.3 is 0 Å². The molecule has 1 aromatic carbocycles. The lowest BCUT2D eigenvalue weighted by molar-refractivity contribution is -0.135. The molecule has 0 spiro atoms. The van der Waals surface area contributed by atoms with E-state index in [4.69, 9.17) is 11.6 Å². The molecular formula is C13H8ClFN2O3S. The van der Waals surface area contributed by atoms with Gasteiger partial charge in [0.2, 0.25) is 11.8 Å². The Balaban J connectivity index is 1.99. The first-order valence-electron chi connectivity index (χ1n) is 5.95. The fraction of sp³-hybridized carbons (Fsp3) is 0.154. The number of rotatable bonds is 1. The quantitative estimate of drug-likeness (QED) is 0.813. The second kappa shape index (κ2) is 5.09. The Hall–Kier alpha value is -1.99. The Morgan fingerprint density at radius 3 is 2.62 bits per heavy atom. The van der Waals surface area contributed by atoms with Crippen molar-refractivity contribution in [2.75, 3.05) is 13.1 Å². The van der Waals surface area contributed by atoms with Crippen molar-refractivity contribution in [3.63, 3.8) is 0 Å². The van der Waals surface area contributed by atoms with Gasteiger partial charge in [-0.1, -0.05) is 11.6 Å². The molecule has 3 rings (SSSR count). The van der Waals surface area contributed by atoms with Gasteiger partial charge in [-0.2, -0.15) is 0 Å². The number of halogens is 2. The van der Waals surface area contributed by atoms with Crippen molar-refractivity contribution in [1.29, 1.82) is 0 Å². The van der Waals surface area contributed by atoms with Crippen molar-refractivity contribution in [2.24, 2.45) is 0 Å². The summed E-state index contributed by atoms with van der Waals surface area (Å²) in [5.74, 6) is -2.01. The number of benzene rings is 1. The number of hydrogen-bond donors (Lipinski definition) is 1. The fourth-order valence-electron chi connectivity index (χ4n) is 2.10. The Kier molecular flexibility index (Phi) is 3.38. The van der Waals surface area contributed by atoms with Crippen LogP contribution in [0.3, 0.4) is 0 Å². The molecule has 3 amide bonds. The van der Waals surface area contributed by atoms with Crippen LogP contribution >= 0.6 is 22.9 Å². The molecule has 1 aromatic heterocycles. The van der Waals surface area contributed by atoms with Crippen LogP contribution in [-0.4, -0.2) is 35.7 Å². The monoisotopic (exact) mass is 326 g/mol. The Labute approximate surface area is 127 Å². The lowest BCUT2D eigenvalue weighted by Crippen LogP contribution is -2.53. The van der Waals surface area contributed by atoms with E-state index in [2.05, 4.69) is 5.32 Å². The van der Waals surface area contributed by atoms with Crippen molar-refractivity contribution < 1.29 is 18.8 Å². The maximum Gasteiger partial charge on any atom is 0.266 e. The van der Waals surface area contributed by atoms with E-state index in [1.165, 1.54) is 18.2 Å². The van der Waals surface area contributed by atoms with Gasteiger partial charge < -0.3 is 4.90 Å². The van der Waals surface area contributed by atoms with Gasteiger partial charge in [-0.25, -0.2) is 4.39 Å². The highest BCUT2D eigenvalue weighted by atomic mass is 35.5. The zero-order valence-corrected chi connectivity index (χ0v) is 12.1. The number of nitrogens with zero attached hydrogens (tertiary/aromatic N) is 1. The van der Waals surface area contributed by atoms with Crippen molar-refractivity contribution in [2.45, 2.75) is 0 Å². The normalized spacial score (nSPS) is 15.4. The lowest BCUT2D eigenvalue weighted by Gasteiger charge is -2.24. The number of fused-ring (bicyclic) bond motifs is 1. The molecule has 2 heterocycles. The van der Waals surface area contributed by atoms with E-state index >= 15 is 0 Å². The predicted octanol–water partition coefficient (Wildman–Crippen LogP) is 1.79. The number of piperazine rings is 1. The summed E-state index contributed by atoms with van der Waals surface area (Å²) in [4.78, 5) is 36.3. The summed E-state index contributed by atoms with van der Waals surface area (Å²) < 4.78 is 13.7. The van der Waals surface area contributed by atoms with Gasteiger partial charge in [-0.15, -0.1) is 11.3 Å². The van der Waals surface area contributed by atoms with E-state index in [1.807, 2.05) is 0 Å². The summed E-state index contributed by atoms with van der Waals surface area (Å²) in [6, 6.07) is 4.04. The lowest BCUT2D eigenvalue weighted by atomic mass is 10.2. The number of thiophene rings is 1. The molecule has 0 radical (unpaired) electrons. The van der Waals surface area contributed by atoms with Gasteiger partial charge in [-0.3, -0.25) is 19.7 Å². The summed E-state index contributed by atoms with van der Waals surface area (Å²) in [5.41, 5.74) is 0. The van der Waals surface area contributed by atoms with Crippen molar-refractivity contribution in [3.8, 4) is 0 Å². The first kappa shape index (κ1) is 14.0. The van der Waals surface area contributed by atoms with Crippen molar-refractivity contribution in [3.05, 3.63) is 33.9 Å². The first-order chi connectivity index (χ1) is 9.95. The summed E-state index contributed by atoms with van der Waals surface area (Å²) in [6.45, 7) is -0.410. The summed E-state index contributed by atoms with van der Waals surface area (Å²) in [7, 11) is 0. The van der Waals surface area contributed by atoms with Gasteiger partial charge in [0, 0.05) is 10.1 Å². The molecule has 21 heavy (non-hydrogen) atoms. The van der Waals surface area contributed by atoms with Gasteiger partial charge in [0.05, 0.1) is 5.02 Å². The van der Waals surface area contributed by atoms with Crippen LogP contribution in [0.4, 0.5) is 4.39 Å². The summed E-state index contributed by atoms with van der Waals surface area (Å²) >= 11 is 7.19. The number of hydrogen-bond acceptors (Lipinski definition) is 4. The summed E-state index contributed by atoms with van der Waals surface area (Å²) in [6.07, 6.45) is 0. The maximum absolute atomic E-state index is 13.2. The number of carbonyl (C=O) groups excluding carboxylic acids is 3. The molecule has 1 aliphatic rings. The maximum atomic E-state index is 13.2. The highest BCUT2D eigenvalue weighted by Gasteiger charge is 2.29. The molecule has 1 N–H and O–H groups in total. The van der Waals surface area contributed by atoms with E-state index < -0.39 is 23.5 Å². The molecule has 0 unspecified atom stereocenters. The Morgan fingerprint density at radius 1 is 1.29 bits per heavy atom. The van der Waals surface area contributed by atoms with E-state index in [0.717, 1.165) is 16.2 Å². The van der Waals surface area contributed by atoms with Crippen LogP contribution in [-0.2, 0) is 9.59 Å². The third-order valence-corrected chi connectivity index (χ3v) is 4.67. The molecule has 108 valence electrons. The van der Waals surface area contributed by atoms with Gasteiger partial charge in [-0.05, 0) is 18.2 Å². The second-order valence-corrected chi connectivity index (χ2v) is 5.95. The molecule has 5 nitrogen and oxygen atoms in total. The van der Waals surface area contributed by atoms with E-state index in [9.17, 15) is 18.8 Å². The van der Waals surface area contributed by atoms with Crippen LogP contribution < -0.4 is 5.32 Å². The molecule has 8 heteroatoms. The molecule has 1 fully saturated rings. The van der Waals surface area contributed by atoms with Crippen molar-refractivity contribution in [1.82, 2.24) is 10.2 Å². The third kappa shape index (κ3) is 2.50. The SMILES string of the molecule is O=C1CN(C(=O)c2sc3cc(F)ccc3c2Cl)CC(=O)N1. The zero-order valence-electron chi connectivity index (χ0n) is 10.5. The van der Waals surface area contributed by atoms with Gasteiger partial charge in [0.1, 0.15) is 23.8 Å². The minimum Gasteiger partial charge on any atom is -0.319 e. The predicted molar refractivity (Wildman–Crippen MR) is 75.8 cm³/mol. The average Bonchev–Trinajstić information content (AvgIpc) is 2.73. The number of amides is 3. The molecule has 0 bridgehead atoms. The van der Waals surface area contributed by atoms with Crippen LogP contribution in [0.25, 0.3) is 10.1 Å². The van der Waals surface area contributed by atoms with Gasteiger partial charge in [0.15, 0.2) is 0 Å². The van der Waals surface area contributed by atoms with E-state index in [1.54, 1.807) is 0 Å². The molecule has 2 aromatic rings. The minimum atomic E-state index is -0.539. The van der Waals surface area contributed by atoms with Gasteiger partial charge in [0.25, 0.3) is 5.91 Å². The van der Waals surface area contributed by atoms with Crippen LogP contribution in [0.1, 0.15) is 9.67 Å². The number of carbonyl (C=O) groups is 3. The second-order valence-electron chi connectivity index (χ2n) is 4.52. The topological polar surface area (TPSA) is 66.5 Å². The van der Waals surface area contributed by atoms with Crippen LogP contribution in [0, 0.1) is 5.82 Å². The number of imide groups is 1.